The van der Waals surface area contributed by atoms with Gasteiger partial charge in [-0.3, -0.25) is 4.79 Å². The maximum absolute atomic E-state index is 14.0. The number of carbonyl (C=O) groups excluding carboxylic acids is 1. The molecule has 0 atom stereocenters. The molecule has 31 heavy (non-hydrogen) atoms. The molecule has 0 unspecified atom stereocenters. The smallest absolute Gasteiger partial charge is 0.264 e. The van der Waals surface area contributed by atoms with Crippen molar-refractivity contribution in [1.82, 2.24) is 4.90 Å². The van der Waals surface area contributed by atoms with Gasteiger partial charge in [-0.25, -0.2) is 4.39 Å². The van der Waals surface area contributed by atoms with Crippen molar-refractivity contribution in [3.05, 3.63) is 72.1 Å². The second-order valence-electron chi connectivity index (χ2n) is 6.91. The zero-order chi connectivity index (χ0) is 22.2. The van der Waals surface area contributed by atoms with E-state index < -0.39 is 0 Å². The third-order valence-electron chi connectivity index (χ3n) is 4.97. The summed E-state index contributed by atoms with van der Waals surface area (Å²) >= 11 is 0. The second-order valence-corrected chi connectivity index (χ2v) is 6.91. The van der Waals surface area contributed by atoms with E-state index in [0.29, 0.717) is 55.5 Å². The molecule has 7 heteroatoms. The molecule has 1 saturated heterocycles. The van der Waals surface area contributed by atoms with Crippen LogP contribution in [0.5, 0.6) is 11.5 Å². The lowest BCUT2D eigenvalue weighted by Gasteiger charge is -2.36. The summed E-state index contributed by atoms with van der Waals surface area (Å²) in [6.07, 6.45) is 3.16. The Morgan fingerprint density at radius 2 is 1.94 bits per heavy atom. The van der Waals surface area contributed by atoms with E-state index in [0.717, 1.165) is 0 Å². The van der Waals surface area contributed by atoms with Gasteiger partial charge in [0.1, 0.15) is 24.1 Å². The van der Waals surface area contributed by atoms with E-state index in [4.69, 9.17) is 9.47 Å². The largest absolute Gasteiger partial charge is 0.493 e. The average Bonchev–Trinajstić information content (AvgIpc) is 2.81. The predicted octanol–water partition coefficient (Wildman–Crippen LogP) is 3.65. The second kappa shape index (κ2) is 10.3. The van der Waals surface area contributed by atoms with Crippen molar-refractivity contribution < 1.29 is 18.7 Å². The topological polar surface area (TPSA) is 65.8 Å². The Morgan fingerprint density at radius 3 is 2.58 bits per heavy atom. The summed E-state index contributed by atoms with van der Waals surface area (Å²) in [6.45, 7) is 5.76. The highest BCUT2D eigenvalue weighted by Crippen LogP contribution is 2.29. The van der Waals surface area contributed by atoms with Crippen molar-refractivity contribution in [2.75, 3.05) is 44.8 Å². The molecule has 1 fully saturated rings. The van der Waals surface area contributed by atoms with E-state index >= 15 is 0 Å². The molecule has 160 valence electrons. The molecule has 0 bridgehead atoms. The summed E-state index contributed by atoms with van der Waals surface area (Å²) in [5.41, 5.74) is 1.20. The Labute approximate surface area is 181 Å². The van der Waals surface area contributed by atoms with Gasteiger partial charge in [-0.05, 0) is 35.9 Å². The summed E-state index contributed by atoms with van der Waals surface area (Å²) in [4.78, 5) is 16.4. The predicted molar refractivity (Wildman–Crippen MR) is 117 cm³/mol. The van der Waals surface area contributed by atoms with Crippen LogP contribution in [0.25, 0.3) is 6.08 Å². The van der Waals surface area contributed by atoms with Crippen LogP contribution in [0.4, 0.5) is 10.1 Å². The summed E-state index contributed by atoms with van der Waals surface area (Å²) in [5, 5.41) is 9.56. The van der Waals surface area contributed by atoms with Crippen LogP contribution in [-0.2, 0) is 4.79 Å². The number of nitrogens with zero attached hydrogens (tertiary/aromatic N) is 3. The monoisotopic (exact) mass is 421 g/mol. The zero-order valence-electron chi connectivity index (χ0n) is 17.4. The van der Waals surface area contributed by atoms with Crippen LogP contribution in [0.2, 0.25) is 0 Å². The number of benzene rings is 2. The van der Waals surface area contributed by atoms with Crippen molar-refractivity contribution in [2.24, 2.45) is 0 Å². The van der Waals surface area contributed by atoms with Crippen LogP contribution in [0.15, 0.2) is 60.7 Å². The highest BCUT2D eigenvalue weighted by Gasteiger charge is 2.25. The highest BCUT2D eigenvalue weighted by atomic mass is 19.1. The molecule has 1 heterocycles. The van der Waals surface area contributed by atoms with Crippen molar-refractivity contribution in [3.8, 4) is 17.6 Å². The van der Waals surface area contributed by atoms with Gasteiger partial charge in [0.15, 0.2) is 11.5 Å². The van der Waals surface area contributed by atoms with E-state index in [-0.39, 0.29) is 17.3 Å². The first-order chi connectivity index (χ1) is 15.1. The summed E-state index contributed by atoms with van der Waals surface area (Å²) in [5.74, 6) is 0.420. The van der Waals surface area contributed by atoms with Crippen LogP contribution < -0.4 is 14.4 Å². The Bertz CT molecular complexity index is 1020. The number of anilines is 1. The van der Waals surface area contributed by atoms with E-state index in [2.05, 4.69) is 6.58 Å². The molecule has 0 radical (unpaired) electrons. The number of piperazine rings is 1. The molecule has 2 aromatic carbocycles. The third-order valence-corrected chi connectivity index (χ3v) is 4.97. The van der Waals surface area contributed by atoms with E-state index in [1.807, 2.05) is 11.0 Å². The molecule has 0 N–H and O–H groups in total. The summed E-state index contributed by atoms with van der Waals surface area (Å²) in [7, 11) is 1.52. The molecule has 0 saturated carbocycles. The fourth-order valence-electron chi connectivity index (χ4n) is 3.38. The maximum atomic E-state index is 14.0. The van der Waals surface area contributed by atoms with Crippen molar-refractivity contribution in [2.45, 2.75) is 0 Å². The van der Waals surface area contributed by atoms with Crippen LogP contribution in [0.1, 0.15) is 5.56 Å². The maximum Gasteiger partial charge on any atom is 0.264 e. The standard InChI is InChI=1S/C24H24FN3O3/c1-3-14-31-22-9-8-18(16-23(22)30-2)15-19(17-26)24(29)28-12-10-27(11-13-28)21-7-5-4-6-20(21)25/h3-9,15-16H,1,10-14H2,2H3/b19-15+. The fraction of sp³-hybridized carbons (Fsp3) is 0.250. The molecule has 0 aliphatic carbocycles. The van der Waals surface area contributed by atoms with Gasteiger partial charge in [0.05, 0.1) is 12.8 Å². The lowest BCUT2D eigenvalue weighted by Crippen LogP contribution is -2.49. The number of nitriles is 1. The number of hydrogen-bond donors (Lipinski definition) is 0. The molecule has 1 aliphatic rings. The highest BCUT2D eigenvalue weighted by molar-refractivity contribution is 6.01. The molecule has 1 aliphatic heterocycles. The van der Waals surface area contributed by atoms with Gasteiger partial charge in [-0.1, -0.05) is 30.9 Å². The van der Waals surface area contributed by atoms with Crippen molar-refractivity contribution in [1.29, 1.82) is 5.26 Å². The number of hydrogen-bond acceptors (Lipinski definition) is 5. The Morgan fingerprint density at radius 1 is 1.19 bits per heavy atom. The number of carbonyl (C=O) groups is 1. The number of halogens is 1. The molecular weight excluding hydrogens is 397 g/mol. The van der Waals surface area contributed by atoms with Gasteiger partial charge in [0.25, 0.3) is 5.91 Å². The molecular formula is C24H24FN3O3. The fourth-order valence-corrected chi connectivity index (χ4v) is 3.38. The van der Waals surface area contributed by atoms with E-state index in [1.54, 1.807) is 47.4 Å². The first-order valence-corrected chi connectivity index (χ1v) is 9.89. The van der Waals surface area contributed by atoms with Gasteiger partial charge >= 0.3 is 0 Å². The Balaban J connectivity index is 1.71. The zero-order valence-corrected chi connectivity index (χ0v) is 17.4. The molecule has 0 aromatic heterocycles. The first-order valence-electron chi connectivity index (χ1n) is 9.89. The molecule has 0 spiro atoms. The minimum atomic E-state index is -0.346. The van der Waals surface area contributed by atoms with Gasteiger partial charge in [-0.15, -0.1) is 0 Å². The SMILES string of the molecule is C=CCOc1ccc(/C=C(\C#N)C(=O)N2CCN(c3ccccc3F)CC2)cc1OC. The van der Waals surface area contributed by atoms with E-state index in [9.17, 15) is 14.4 Å². The van der Waals surface area contributed by atoms with Gasteiger partial charge in [0.2, 0.25) is 0 Å². The Kier molecular flexibility index (Phi) is 7.28. The quantitative estimate of drug-likeness (QED) is 0.388. The number of rotatable bonds is 7. The van der Waals surface area contributed by atoms with Crippen molar-refractivity contribution >= 4 is 17.7 Å². The van der Waals surface area contributed by atoms with Gasteiger partial charge < -0.3 is 19.3 Å². The molecule has 1 amide bonds. The normalized spacial score (nSPS) is 14.0. The summed E-state index contributed by atoms with van der Waals surface area (Å²) < 4.78 is 24.9. The number of para-hydroxylation sites is 1. The van der Waals surface area contributed by atoms with Gasteiger partial charge in [-0.2, -0.15) is 5.26 Å². The first kappa shape index (κ1) is 21.9. The lowest BCUT2D eigenvalue weighted by atomic mass is 10.1. The summed E-state index contributed by atoms with van der Waals surface area (Å²) in [6, 6.07) is 13.8. The van der Waals surface area contributed by atoms with Crippen LogP contribution in [-0.4, -0.2) is 50.7 Å². The minimum absolute atomic E-state index is 0.0288. The molecule has 3 rings (SSSR count). The Hall–Kier alpha value is -3.79. The molecule has 2 aromatic rings. The number of ether oxygens (including phenoxy) is 2. The van der Waals surface area contributed by atoms with E-state index in [1.165, 1.54) is 19.3 Å². The number of methoxy groups -OCH3 is 1. The van der Waals surface area contributed by atoms with Crippen LogP contribution in [0, 0.1) is 17.1 Å². The van der Waals surface area contributed by atoms with Gasteiger partial charge in [0, 0.05) is 26.2 Å². The number of amides is 1. The molecule has 6 nitrogen and oxygen atoms in total. The lowest BCUT2D eigenvalue weighted by molar-refractivity contribution is -0.126. The third kappa shape index (κ3) is 5.23. The van der Waals surface area contributed by atoms with Crippen LogP contribution >= 0.6 is 0 Å². The van der Waals surface area contributed by atoms with Crippen molar-refractivity contribution in [3.63, 3.8) is 0 Å². The minimum Gasteiger partial charge on any atom is -0.493 e. The van der Waals surface area contributed by atoms with Crippen LogP contribution in [0.3, 0.4) is 0 Å². The average molecular weight is 421 g/mol.